The third kappa shape index (κ3) is 3.81. The van der Waals surface area contributed by atoms with Crippen molar-refractivity contribution in [2.24, 2.45) is 0 Å². The fourth-order valence-corrected chi connectivity index (χ4v) is 2.35. The molecule has 1 aromatic rings. The summed E-state index contributed by atoms with van der Waals surface area (Å²) in [5.41, 5.74) is 0.854. The molecule has 0 aliphatic heterocycles. The lowest BCUT2D eigenvalue weighted by atomic mass is 10.2. The van der Waals surface area contributed by atoms with Crippen LogP contribution in [0.5, 0.6) is 0 Å². The minimum atomic E-state index is -0.498. The van der Waals surface area contributed by atoms with Gasteiger partial charge >= 0.3 is 0 Å². The average molecular weight is 227 g/mol. The molecule has 1 heterocycles. The van der Waals surface area contributed by atoms with E-state index >= 15 is 0 Å². The summed E-state index contributed by atoms with van der Waals surface area (Å²) in [4.78, 5) is 4.24. The molecule has 1 aromatic heterocycles. The quantitative estimate of drug-likeness (QED) is 0.755. The van der Waals surface area contributed by atoms with Gasteiger partial charge in [-0.25, -0.2) is 4.98 Å². The molecule has 15 heavy (non-hydrogen) atoms. The monoisotopic (exact) mass is 227 g/mol. The van der Waals surface area contributed by atoms with Crippen molar-refractivity contribution in [3.8, 4) is 0 Å². The minimum Gasteiger partial charge on any atom is -0.396 e. The predicted octanol–water partition coefficient (Wildman–Crippen LogP) is 2.00. The number of aliphatic hydroxyl groups excluding tert-OH is 2. The second-order valence-corrected chi connectivity index (χ2v) is 4.94. The molecule has 2 unspecified atom stereocenters. The fraction of sp³-hybridized carbons (Fsp3) is 0.545. The Hall–Kier alpha value is -0.580. The lowest BCUT2D eigenvalue weighted by Crippen LogP contribution is -2.03. The smallest absolute Gasteiger partial charge is 0.102 e. The maximum atomic E-state index is 9.54. The van der Waals surface area contributed by atoms with E-state index < -0.39 is 6.10 Å². The fourth-order valence-electron chi connectivity index (χ4n) is 1.25. The van der Waals surface area contributed by atoms with Gasteiger partial charge in [0.2, 0.25) is 0 Å². The maximum Gasteiger partial charge on any atom is 0.102 e. The molecule has 0 aliphatic carbocycles. The summed E-state index contributed by atoms with van der Waals surface area (Å²) in [5.74, 6) is 0. The molecule has 2 N–H and O–H groups in total. The molecular weight excluding hydrogens is 210 g/mol. The summed E-state index contributed by atoms with van der Waals surface area (Å²) in [5, 5.41) is 19.5. The number of pyridine rings is 1. The van der Waals surface area contributed by atoms with Crippen LogP contribution in [0.2, 0.25) is 0 Å². The van der Waals surface area contributed by atoms with Gasteiger partial charge in [-0.05, 0) is 19.4 Å². The van der Waals surface area contributed by atoms with E-state index in [0.717, 1.165) is 17.0 Å². The van der Waals surface area contributed by atoms with Gasteiger partial charge in [-0.3, -0.25) is 0 Å². The summed E-state index contributed by atoms with van der Waals surface area (Å²) in [6, 6.07) is 3.70. The molecule has 0 aliphatic rings. The Labute approximate surface area is 94.6 Å². The Morgan fingerprint density at radius 3 is 2.80 bits per heavy atom. The maximum absolute atomic E-state index is 9.54. The van der Waals surface area contributed by atoms with Crippen LogP contribution in [0.25, 0.3) is 0 Å². The Balaban J connectivity index is 2.75. The number of aromatic nitrogens is 1. The molecule has 3 nitrogen and oxygen atoms in total. The largest absolute Gasteiger partial charge is 0.396 e. The van der Waals surface area contributed by atoms with Crippen LogP contribution in [-0.2, 0) is 0 Å². The SMILES string of the molecule is CC(CCO)Sc1ncccc1C(C)O. The first-order valence-corrected chi connectivity index (χ1v) is 5.93. The van der Waals surface area contributed by atoms with Crippen molar-refractivity contribution < 1.29 is 10.2 Å². The van der Waals surface area contributed by atoms with Crippen LogP contribution in [0.3, 0.4) is 0 Å². The highest BCUT2D eigenvalue weighted by molar-refractivity contribution is 7.99. The third-order valence-electron chi connectivity index (χ3n) is 2.10. The van der Waals surface area contributed by atoms with Crippen LogP contribution in [0.15, 0.2) is 23.4 Å². The van der Waals surface area contributed by atoms with Gasteiger partial charge in [0, 0.05) is 23.6 Å². The van der Waals surface area contributed by atoms with Crippen molar-refractivity contribution in [3.63, 3.8) is 0 Å². The number of hydrogen-bond acceptors (Lipinski definition) is 4. The van der Waals surface area contributed by atoms with Gasteiger partial charge in [0.1, 0.15) is 5.03 Å². The summed E-state index contributed by atoms with van der Waals surface area (Å²) in [7, 11) is 0. The zero-order valence-corrected chi connectivity index (χ0v) is 9.87. The van der Waals surface area contributed by atoms with Gasteiger partial charge in [0.05, 0.1) is 6.10 Å². The van der Waals surface area contributed by atoms with E-state index in [1.54, 1.807) is 24.9 Å². The summed E-state index contributed by atoms with van der Waals surface area (Å²) in [6.07, 6.45) is 1.96. The van der Waals surface area contributed by atoms with Gasteiger partial charge in [0.15, 0.2) is 0 Å². The highest BCUT2D eigenvalue weighted by Gasteiger charge is 2.12. The van der Waals surface area contributed by atoms with Crippen molar-refractivity contribution in [1.82, 2.24) is 4.98 Å². The number of thioether (sulfide) groups is 1. The van der Waals surface area contributed by atoms with Gasteiger partial charge in [0.25, 0.3) is 0 Å². The molecule has 0 amide bonds. The second-order valence-electron chi connectivity index (χ2n) is 3.51. The number of rotatable bonds is 5. The van der Waals surface area contributed by atoms with Gasteiger partial charge in [-0.1, -0.05) is 13.0 Å². The molecule has 1 rings (SSSR count). The third-order valence-corrected chi connectivity index (χ3v) is 3.30. The lowest BCUT2D eigenvalue weighted by molar-refractivity contribution is 0.195. The van der Waals surface area contributed by atoms with Crippen LogP contribution < -0.4 is 0 Å². The number of nitrogens with zero attached hydrogens (tertiary/aromatic N) is 1. The molecule has 2 atom stereocenters. The number of aliphatic hydroxyl groups is 2. The lowest BCUT2D eigenvalue weighted by Gasteiger charge is -2.13. The van der Waals surface area contributed by atoms with Crippen molar-refractivity contribution in [2.75, 3.05) is 6.61 Å². The minimum absolute atomic E-state index is 0.186. The van der Waals surface area contributed by atoms with Crippen molar-refractivity contribution in [2.45, 2.75) is 36.6 Å². The van der Waals surface area contributed by atoms with Gasteiger partial charge in [-0.15, -0.1) is 11.8 Å². The van der Waals surface area contributed by atoms with E-state index in [9.17, 15) is 5.11 Å². The van der Waals surface area contributed by atoms with Crippen LogP contribution >= 0.6 is 11.8 Å². The zero-order valence-electron chi connectivity index (χ0n) is 9.05. The molecular formula is C11H17NO2S. The Morgan fingerprint density at radius 1 is 1.47 bits per heavy atom. The van der Waals surface area contributed by atoms with E-state index in [-0.39, 0.29) is 6.61 Å². The molecule has 0 bridgehead atoms. The highest BCUT2D eigenvalue weighted by Crippen LogP contribution is 2.29. The van der Waals surface area contributed by atoms with Crippen molar-refractivity contribution in [1.29, 1.82) is 0 Å². The molecule has 0 fully saturated rings. The van der Waals surface area contributed by atoms with E-state index in [4.69, 9.17) is 5.11 Å². The number of hydrogen-bond donors (Lipinski definition) is 2. The summed E-state index contributed by atoms with van der Waals surface area (Å²) < 4.78 is 0. The van der Waals surface area contributed by atoms with E-state index in [2.05, 4.69) is 4.98 Å². The van der Waals surface area contributed by atoms with Crippen molar-refractivity contribution >= 4 is 11.8 Å². The molecule has 0 spiro atoms. The molecule has 0 radical (unpaired) electrons. The standard InChI is InChI=1S/C11H17NO2S/c1-8(5-7-13)15-11-10(9(2)14)4-3-6-12-11/h3-4,6,8-9,13-14H,5,7H2,1-2H3. The molecule has 4 heteroatoms. The normalized spacial score (nSPS) is 14.9. The summed E-state index contributed by atoms with van der Waals surface area (Å²) >= 11 is 1.59. The summed E-state index contributed by atoms with van der Waals surface area (Å²) in [6.45, 7) is 3.96. The Kier molecular flexibility index (Phi) is 5.08. The second kappa shape index (κ2) is 6.10. The van der Waals surface area contributed by atoms with Gasteiger partial charge < -0.3 is 10.2 Å². The van der Waals surface area contributed by atoms with E-state index in [0.29, 0.717) is 5.25 Å². The first-order chi connectivity index (χ1) is 7.15. The Morgan fingerprint density at radius 2 is 2.20 bits per heavy atom. The zero-order chi connectivity index (χ0) is 11.3. The van der Waals surface area contributed by atoms with E-state index in [1.165, 1.54) is 0 Å². The van der Waals surface area contributed by atoms with Crippen molar-refractivity contribution in [3.05, 3.63) is 23.9 Å². The first kappa shape index (κ1) is 12.5. The first-order valence-electron chi connectivity index (χ1n) is 5.05. The van der Waals surface area contributed by atoms with Crippen LogP contribution in [0.1, 0.15) is 31.9 Å². The van der Waals surface area contributed by atoms with E-state index in [1.807, 2.05) is 19.1 Å². The van der Waals surface area contributed by atoms with Crippen LogP contribution in [0.4, 0.5) is 0 Å². The average Bonchev–Trinajstić information content (AvgIpc) is 2.18. The van der Waals surface area contributed by atoms with Gasteiger partial charge in [-0.2, -0.15) is 0 Å². The Bertz CT molecular complexity index is 304. The molecule has 0 saturated heterocycles. The topological polar surface area (TPSA) is 53.4 Å². The van der Waals surface area contributed by atoms with Crippen LogP contribution in [-0.4, -0.2) is 27.1 Å². The molecule has 0 aromatic carbocycles. The molecule has 84 valence electrons. The predicted molar refractivity (Wildman–Crippen MR) is 61.9 cm³/mol. The van der Waals surface area contributed by atoms with Crippen LogP contribution in [0, 0.1) is 0 Å². The molecule has 0 saturated carbocycles. The highest BCUT2D eigenvalue weighted by atomic mass is 32.2.